The summed E-state index contributed by atoms with van der Waals surface area (Å²) >= 11 is 0. The number of nitrogens with two attached hydrogens (primary N) is 2. The van der Waals surface area contributed by atoms with Crippen LogP contribution in [0.25, 0.3) is 0 Å². The average Bonchev–Trinajstić information content (AvgIpc) is 2.27. The molecule has 17 heavy (non-hydrogen) atoms. The summed E-state index contributed by atoms with van der Waals surface area (Å²) in [5.41, 5.74) is 12.2. The second-order valence-electron chi connectivity index (χ2n) is 3.74. The van der Waals surface area contributed by atoms with Gasteiger partial charge in [0.1, 0.15) is 0 Å². The molecule has 0 saturated heterocycles. The number of anilines is 1. The predicted molar refractivity (Wildman–Crippen MR) is 69.5 cm³/mol. The highest BCUT2D eigenvalue weighted by molar-refractivity contribution is 5.90. The van der Waals surface area contributed by atoms with E-state index in [1.165, 1.54) is 0 Å². The van der Waals surface area contributed by atoms with Crippen LogP contribution in [0.4, 0.5) is 5.69 Å². The van der Waals surface area contributed by atoms with Crippen molar-refractivity contribution in [3.8, 4) is 0 Å². The molecule has 5 N–H and O–H groups in total. The van der Waals surface area contributed by atoms with E-state index in [9.17, 15) is 4.79 Å². The minimum Gasteiger partial charge on any atom is -0.370 e. The number of carbonyl (C=O) groups is 1. The highest BCUT2D eigenvalue weighted by atomic mass is 16.1. The molecule has 0 bridgehead atoms. The lowest BCUT2D eigenvalue weighted by Gasteiger charge is -2.05. The van der Waals surface area contributed by atoms with Crippen molar-refractivity contribution in [2.75, 3.05) is 5.32 Å². The van der Waals surface area contributed by atoms with Gasteiger partial charge in [-0.3, -0.25) is 4.79 Å². The fraction of sp³-hybridized carbons (Fsp3) is 0.333. The average molecular weight is 234 g/mol. The molecule has 1 rings (SSSR count). The molecule has 0 aliphatic rings. The van der Waals surface area contributed by atoms with Crippen LogP contribution in [0.3, 0.4) is 0 Å². The SMILES string of the molecule is CCCC(=O)Nc1cccc(CN=C(N)N)c1. The van der Waals surface area contributed by atoms with Gasteiger partial charge in [-0.1, -0.05) is 19.1 Å². The molecule has 0 aliphatic carbocycles. The van der Waals surface area contributed by atoms with Crippen LogP contribution in [-0.2, 0) is 11.3 Å². The summed E-state index contributed by atoms with van der Waals surface area (Å²) < 4.78 is 0. The van der Waals surface area contributed by atoms with E-state index in [0.717, 1.165) is 17.7 Å². The van der Waals surface area contributed by atoms with Gasteiger partial charge in [0.15, 0.2) is 5.96 Å². The third-order valence-corrected chi connectivity index (χ3v) is 2.13. The normalized spacial score (nSPS) is 9.71. The number of hydrogen-bond acceptors (Lipinski definition) is 2. The number of aliphatic imine (C=N–C) groups is 1. The van der Waals surface area contributed by atoms with E-state index >= 15 is 0 Å². The number of nitrogens with one attached hydrogen (secondary N) is 1. The van der Waals surface area contributed by atoms with Gasteiger partial charge < -0.3 is 16.8 Å². The summed E-state index contributed by atoms with van der Waals surface area (Å²) in [7, 11) is 0. The lowest BCUT2D eigenvalue weighted by molar-refractivity contribution is -0.116. The Labute approximate surface area is 101 Å². The van der Waals surface area contributed by atoms with Crippen LogP contribution in [0.5, 0.6) is 0 Å². The lowest BCUT2D eigenvalue weighted by atomic mass is 10.2. The molecule has 1 amide bonds. The van der Waals surface area contributed by atoms with Crippen molar-refractivity contribution in [3.63, 3.8) is 0 Å². The van der Waals surface area contributed by atoms with Gasteiger partial charge in [0.05, 0.1) is 6.54 Å². The Balaban J connectivity index is 2.65. The Morgan fingerprint density at radius 2 is 2.18 bits per heavy atom. The summed E-state index contributed by atoms with van der Waals surface area (Å²) in [5, 5.41) is 2.82. The van der Waals surface area contributed by atoms with Gasteiger partial charge in [0.2, 0.25) is 5.91 Å². The van der Waals surface area contributed by atoms with Crippen molar-refractivity contribution < 1.29 is 4.79 Å². The van der Waals surface area contributed by atoms with Gasteiger partial charge in [-0.25, -0.2) is 4.99 Å². The van der Waals surface area contributed by atoms with Gasteiger partial charge >= 0.3 is 0 Å². The Bertz CT molecular complexity index is 411. The van der Waals surface area contributed by atoms with E-state index < -0.39 is 0 Å². The first-order chi connectivity index (χ1) is 8.11. The first-order valence-corrected chi connectivity index (χ1v) is 5.56. The molecular formula is C12H18N4O. The largest absolute Gasteiger partial charge is 0.370 e. The van der Waals surface area contributed by atoms with Gasteiger partial charge in [-0.05, 0) is 24.1 Å². The molecule has 1 aromatic carbocycles. The van der Waals surface area contributed by atoms with E-state index in [1.807, 2.05) is 31.2 Å². The minimum atomic E-state index is 0.0199. The van der Waals surface area contributed by atoms with E-state index in [1.54, 1.807) is 0 Å². The fourth-order valence-electron chi connectivity index (χ4n) is 1.38. The molecule has 0 spiro atoms. The molecule has 0 unspecified atom stereocenters. The van der Waals surface area contributed by atoms with Crippen LogP contribution in [0.15, 0.2) is 29.3 Å². The van der Waals surface area contributed by atoms with Crippen LogP contribution in [0, 0.1) is 0 Å². The van der Waals surface area contributed by atoms with Crippen LogP contribution in [0.1, 0.15) is 25.3 Å². The second kappa shape index (κ2) is 6.52. The van der Waals surface area contributed by atoms with Crippen molar-refractivity contribution in [1.29, 1.82) is 0 Å². The number of hydrogen-bond donors (Lipinski definition) is 3. The van der Waals surface area contributed by atoms with Crippen LogP contribution >= 0.6 is 0 Å². The number of rotatable bonds is 5. The topological polar surface area (TPSA) is 93.5 Å². The molecular weight excluding hydrogens is 216 g/mol. The van der Waals surface area contributed by atoms with Gasteiger partial charge in [0.25, 0.3) is 0 Å². The first-order valence-electron chi connectivity index (χ1n) is 5.56. The van der Waals surface area contributed by atoms with E-state index in [4.69, 9.17) is 11.5 Å². The van der Waals surface area contributed by atoms with Crippen molar-refractivity contribution in [1.82, 2.24) is 0 Å². The van der Waals surface area contributed by atoms with E-state index in [-0.39, 0.29) is 11.9 Å². The molecule has 0 atom stereocenters. The second-order valence-corrected chi connectivity index (χ2v) is 3.74. The summed E-state index contributed by atoms with van der Waals surface area (Å²) in [5.74, 6) is 0.0805. The summed E-state index contributed by atoms with van der Waals surface area (Å²) in [4.78, 5) is 15.3. The smallest absolute Gasteiger partial charge is 0.224 e. The zero-order valence-electron chi connectivity index (χ0n) is 9.94. The quantitative estimate of drug-likeness (QED) is 0.528. The highest BCUT2D eigenvalue weighted by Gasteiger charge is 2.01. The molecule has 1 aromatic rings. The Morgan fingerprint density at radius 1 is 1.41 bits per heavy atom. The van der Waals surface area contributed by atoms with Gasteiger partial charge in [0, 0.05) is 12.1 Å². The van der Waals surface area contributed by atoms with Crippen molar-refractivity contribution in [2.24, 2.45) is 16.5 Å². The predicted octanol–water partition coefficient (Wildman–Crippen LogP) is 1.20. The third kappa shape index (κ3) is 5.01. The van der Waals surface area contributed by atoms with E-state index in [0.29, 0.717) is 13.0 Å². The number of nitrogens with zero attached hydrogens (tertiary/aromatic N) is 1. The lowest BCUT2D eigenvalue weighted by Crippen LogP contribution is -2.22. The zero-order valence-corrected chi connectivity index (χ0v) is 9.94. The van der Waals surface area contributed by atoms with Crippen LogP contribution in [-0.4, -0.2) is 11.9 Å². The maximum atomic E-state index is 11.4. The molecule has 0 heterocycles. The van der Waals surface area contributed by atoms with Crippen molar-refractivity contribution >= 4 is 17.6 Å². The number of benzene rings is 1. The van der Waals surface area contributed by atoms with Crippen LogP contribution in [0.2, 0.25) is 0 Å². The molecule has 0 fully saturated rings. The maximum Gasteiger partial charge on any atom is 0.224 e. The molecule has 5 heteroatoms. The number of guanidine groups is 1. The number of carbonyl (C=O) groups excluding carboxylic acids is 1. The summed E-state index contributed by atoms with van der Waals surface area (Å²) in [6.45, 7) is 2.38. The van der Waals surface area contributed by atoms with Crippen molar-refractivity contribution in [3.05, 3.63) is 29.8 Å². The standard InChI is InChI=1S/C12H18N4O/c1-2-4-11(17)16-10-6-3-5-9(7-10)8-15-12(13)14/h3,5-7H,2,4,8H2,1H3,(H,16,17)(H4,13,14,15). The van der Waals surface area contributed by atoms with Gasteiger partial charge in [-0.2, -0.15) is 0 Å². The monoisotopic (exact) mass is 234 g/mol. The Kier molecular flexibility index (Phi) is 5.00. The van der Waals surface area contributed by atoms with Gasteiger partial charge in [-0.15, -0.1) is 0 Å². The Hall–Kier alpha value is -2.04. The molecule has 5 nitrogen and oxygen atoms in total. The third-order valence-electron chi connectivity index (χ3n) is 2.13. The molecule has 0 radical (unpaired) electrons. The van der Waals surface area contributed by atoms with Crippen LogP contribution < -0.4 is 16.8 Å². The molecule has 0 aromatic heterocycles. The summed E-state index contributed by atoms with van der Waals surface area (Å²) in [6.07, 6.45) is 1.36. The van der Waals surface area contributed by atoms with E-state index in [2.05, 4.69) is 10.3 Å². The fourth-order valence-corrected chi connectivity index (χ4v) is 1.38. The number of amides is 1. The molecule has 92 valence electrons. The highest BCUT2D eigenvalue weighted by Crippen LogP contribution is 2.12. The maximum absolute atomic E-state index is 11.4. The summed E-state index contributed by atoms with van der Waals surface area (Å²) in [6, 6.07) is 7.47. The molecule has 0 saturated carbocycles. The first kappa shape index (κ1) is 13.0. The minimum absolute atomic E-state index is 0.0199. The van der Waals surface area contributed by atoms with Crippen molar-refractivity contribution in [2.45, 2.75) is 26.3 Å². The Morgan fingerprint density at radius 3 is 2.82 bits per heavy atom. The zero-order chi connectivity index (χ0) is 12.7. The molecule has 0 aliphatic heterocycles.